The summed E-state index contributed by atoms with van der Waals surface area (Å²) < 4.78 is 23.8. The number of thioether (sulfide) groups is 1. The molecule has 1 atom stereocenters. The fraction of sp³-hybridized carbons (Fsp3) is 0.562. The minimum absolute atomic E-state index is 0.129. The van der Waals surface area contributed by atoms with Crippen LogP contribution in [0.2, 0.25) is 0 Å². The molecule has 1 aliphatic rings. The molecule has 6 heteroatoms. The van der Waals surface area contributed by atoms with Crippen molar-refractivity contribution in [2.45, 2.75) is 36.3 Å². The van der Waals surface area contributed by atoms with Gasteiger partial charge in [0.2, 0.25) is 0 Å². The number of benzene rings is 1. The van der Waals surface area contributed by atoms with E-state index in [1.807, 2.05) is 16.7 Å². The summed E-state index contributed by atoms with van der Waals surface area (Å²) in [5.74, 6) is 0.872. The molecule has 2 rings (SSSR count). The Morgan fingerprint density at radius 1 is 1.32 bits per heavy atom. The molecule has 0 radical (unpaired) electrons. The smallest absolute Gasteiger partial charge is 0.255 e. The van der Waals surface area contributed by atoms with Crippen molar-refractivity contribution >= 4 is 27.5 Å². The van der Waals surface area contributed by atoms with Crippen LogP contribution in [0.3, 0.4) is 0 Å². The van der Waals surface area contributed by atoms with E-state index in [9.17, 15) is 13.2 Å². The Hall–Kier alpha value is -1.01. The van der Waals surface area contributed by atoms with E-state index < -0.39 is 9.84 Å². The Kier molecular flexibility index (Phi) is 5.92. The molecular weight excluding hydrogens is 318 g/mol. The third-order valence-electron chi connectivity index (χ3n) is 3.83. The lowest BCUT2D eigenvalue weighted by molar-refractivity contribution is 0.0759. The second kappa shape index (κ2) is 7.51. The van der Waals surface area contributed by atoms with Gasteiger partial charge in [-0.05, 0) is 30.7 Å². The van der Waals surface area contributed by atoms with Crippen LogP contribution in [0.1, 0.15) is 36.5 Å². The van der Waals surface area contributed by atoms with Gasteiger partial charge in [-0.15, -0.1) is 0 Å². The zero-order valence-corrected chi connectivity index (χ0v) is 14.8. The molecule has 1 saturated heterocycles. The number of amides is 1. The summed E-state index contributed by atoms with van der Waals surface area (Å²) in [6.07, 6.45) is 4.37. The Bertz CT molecular complexity index is 628. The maximum Gasteiger partial charge on any atom is 0.255 e. The van der Waals surface area contributed by atoms with Crippen LogP contribution in [-0.2, 0) is 9.84 Å². The van der Waals surface area contributed by atoms with E-state index in [1.165, 1.54) is 6.07 Å². The number of nitrogens with zero attached hydrogens (tertiary/aromatic N) is 1. The summed E-state index contributed by atoms with van der Waals surface area (Å²) in [5.41, 5.74) is 0.298. The first kappa shape index (κ1) is 17.3. The number of carbonyl (C=O) groups is 1. The molecule has 122 valence electrons. The minimum Gasteiger partial charge on any atom is -0.338 e. The van der Waals surface area contributed by atoms with Crippen molar-refractivity contribution in [1.29, 1.82) is 0 Å². The van der Waals surface area contributed by atoms with Gasteiger partial charge in [-0.25, -0.2) is 8.42 Å². The van der Waals surface area contributed by atoms with Gasteiger partial charge in [0.15, 0.2) is 9.84 Å². The molecule has 1 heterocycles. The molecule has 4 nitrogen and oxygen atoms in total. The molecule has 0 aliphatic carbocycles. The monoisotopic (exact) mass is 341 g/mol. The van der Waals surface area contributed by atoms with Crippen molar-refractivity contribution in [2.75, 3.05) is 25.1 Å². The summed E-state index contributed by atoms with van der Waals surface area (Å²) in [6.45, 7) is 3.54. The zero-order valence-electron chi connectivity index (χ0n) is 13.1. The lowest BCUT2D eigenvalue weighted by Crippen LogP contribution is -2.36. The molecular formula is C16H23NO3S2. The Labute approximate surface area is 137 Å². The molecule has 0 unspecified atom stereocenters. The summed E-state index contributed by atoms with van der Waals surface area (Å²) in [4.78, 5) is 14.8. The van der Waals surface area contributed by atoms with E-state index >= 15 is 0 Å². The highest BCUT2D eigenvalue weighted by Crippen LogP contribution is 2.24. The Morgan fingerprint density at radius 2 is 2.05 bits per heavy atom. The largest absolute Gasteiger partial charge is 0.338 e. The third kappa shape index (κ3) is 4.26. The average Bonchev–Trinajstić information content (AvgIpc) is 2.72. The van der Waals surface area contributed by atoms with E-state index in [0.717, 1.165) is 31.3 Å². The van der Waals surface area contributed by atoms with Crippen LogP contribution in [0, 0.1) is 0 Å². The first-order chi connectivity index (χ1) is 10.4. The molecule has 22 heavy (non-hydrogen) atoms. The predicted octanol–water partition coefficient (Wildman–Crippen LogP) is 2.84. The van der Waals surface area contributed by atoms with Crippen LogP contribution in [0.15, 0.2) is 29.2 Å². The first-order valence-corrected chi connectivity index (χ1v) is 10.6. The van der Waals surface area contributed by atoms with Crippen molar-refractivity contribution in [1.82, 2.24) is 4.90 Å². The molecule has 1 aromatic rings. The number of carbonyl (C=O) groups excluding carboxylic acids is 1. The minimum atomic E-state index is -3.40. The first-order valence-electron chi connectivity index (χ1n) is 7.63. The molecule has 1 amide bonds. The highest BCUT2D eigenvalue weighted by molar-refractivity contribution is 7.99. The molecule has 1 fully saturated rings. The number of hydrogen-bond acceptors (Lipinski definition) is 4. The van der Waals surface area contributed by atoms with Crippen LogP contribution >= 0.6 is 11.8 Å². The van der Waals surface area contributed by atoms with Gasteiger partial charge in [0.1, 0.15) is 0 Å². The van der Waals surface area contributed by atoms with E-state index in [4.69, 9.17) is 0 Å². The van der Waals surface area contributed by atoms with Crippen molar-refractivity contribution in [3.63, 3.8) is 0 Å². The topological polar surface area (TPSA) is 54.5 Å². The van der Waals surface area contributed by atoms with E-state index in [0.29, 0.717) is 23.9 Å². The van der Waals surface area contributed by atoms with Crippen molar-refractivity contribution in [3.8, 4) is 0 Å². The number of likely N-dealkylation sites (tertiary alicyclic amines) is 1. The highest BCUT2D eigenvalue weighted by atomic mass is 32.2. The van der Waals surface area contributed by atoms with Gasteiger partial charge < -0.3 is 4.90 Å². The van der Waals surface area contributed by atoms with Gasteiger partial charge in [-0.2, -0.15) is 11.8 Å². The van der Waals surface area contributed by atoms with Crippen LogP contribution in [0.4, 0.5) is 0 Å². The molecule has 0 saturated carbocycles. The standard InChI is InChI=1S/C16H23NO3S2/c1-3-21-13-8-6-7-11-17(12-13)16(18)14-9-4-5-10-15(14)22(2,19)20/h4-5,9-10,13H,3,6-8,11-12H2,1-2H3/t13-/m0/s1. The van der Waals surface area contributed by atoms with Crippen LogP contribution in [0.5, 0.6) is 0 Å². The fourth-order valence-electron chi connectivity index (χ4n) is 2.80. The second-order valence-corrected chi connectivity index (χ2v) is 9.15. The number of rotatable bonds is 4. The lowest BCUT2D eigenvalue weighted by atomic mass is 10.2. The molecule has 0 N–H and O–H groups in total. The van der Waals surface area contributed by atoms with E-state index in [2.05, 4.69) is 6.92 Å². The van der Waals surface area contributed by atoms with Gasteiger partial charge >= 0.3 is 0 Å². The highest BCUT2D eigenvalue weighted by Gasteiger charge is 2.26. The lowest BCUT2D eigenvalue weighted by Gasteiger charge is -2.25. The molecule has 1 aliphatic heterocycles. The SMILES string of the molecule is CCS[C@H]1CCCCN(C(=O)c2ccccc2S(C)(=O)=O)C1. The van der Waals surface area contributed by atoms with E-state index in [-0.39, 0.29) is 10.8 Å². The quantitative estimate of drug-likeness (QED) is 0.845. The fourth-order valence-corrected chi connectivity index (χ4v) is 4.77. The predicted molar refractivity (Wildman–Crippen MR) is 91.2 cm³/mol. The molecule has 0 spiro atoms. The van der Waals surface area contributed by atoms with Crippen LogP contribution < -0.4 is 0 Å². The summed E-state index contributed by atoms with van der Waals surface area (Å²) in [7, 11) is -3.40. The second-order valence-electron chi connectivity index (χ2n) is 5.59. The van der Waals surface area contributed by atoms with E-state index in [1.54, 1.807) is 18.2 Å². The Balaban J connectivity index is 2.27. The molecule has 0 aromatic heterocycles. The van der Waals surface area contributed by atoms with Crippen molar-refractivity contribution in [2.24, 2.45) is 0 Å². The van der Waals surface area contributed by atoms with Gasteiger partial charge in [-0.3, -0.25) is 4.79 Å². The average molecular weight is 341 g/mol. The van der Waals surface area contributed by atoms with Crippen molar-refractivity contribution < 1.29 is 13.2 Å². The number of sulfone groups is 1. The normalized spacial score (nSPS) is 19.7. The maximum atomic E-state index is 12.8. The Morgan fingerprint density at radius 3 is 2.73 bits per heavy atom. The number of hydrogen-bond donors (Lipinski definition) is 0. The molecule has 0 bridgehead atoms. The molecule has 1 aromatic carbocycles. The zero-order chi connectivity index (χ0) is 16.2. The third-order valence-corrected chi connectivity index (χ3v) is 6.18. The van der Waals surface area contributed by atoms with Crippen molar-refractivity contribution in [3.05, 3.63) is 29.8 Å². The maximum absolute atomic E-state index is 12.8. The van der Waals surface area contributed by atoms with Gasteiger partial charge in [0.25, 0.3) is 5.91 Å². The van der Waals surface area contributed by atoms with Gasteiger partial charge in [-0.1, -0.05) is 25.5 Å². The van der Waals surface area contributed by atoms with Gasteiger partial charge in [0.05, 0.1) is 10.5 Å². The summed E-state index contributed by atoms with van der Waals surface area (Å²) in [5, 5.41) is 0.446. The van der Waals surface area contributed by atoms with Gasteiger partial charge in [0, 0.05) is 24.6 Å². The van der Waals surface area contributed by atoms with Crippen LogP contribution in [-0.4, -0.2) is 49.6 Å². The summed E-state index contributed by atoms with van der Waals surface area (Å²) >= 11 is 1.88. The van der Waals surface area contributed by atoms with Crippen LogP contribution in [0.25, 0.3) is 0 Å². The summed E-state index contributed by atoms with van der Waals surface area (Å²) in [6, 6.07) is 6.51.